The molecule has 0 spiro atoms. The molecule has 196 valence electrons. The fraction of sp³-hybridized carbons (Fsp3) is 0.450. The van der Waals surface area contributed by atoms with Crippen molar-refractivity contribution in [3.63, 3.8) is 0 Å². The van der Waals surface area contributed by atoms with E-state index in [-0.39, 0.29) is 23.8 Å². The predicted molar refractivity (Wildman–Crippen MR) is 126 cm³/mol. The first-order chi connectivity index (χ1) is 16.4. The molecular formula is C20H28ClNO11P2. The molecule has 0 bridgehead atoms. The molecule has 0 aliphatic rings. The van der Waals surface area contributed by atoms with Gasteiger partial charge in [-0.05, 0) is 26.0 Å². The first-order valence-corrected chi connectivity index (χ1v) is 13.6. The highest BCUT2D eigenvalue weighted by molar-refractivity contribution is 7.62. The minimum atomic E-state index is -4.67. The molecule has 0 aliphatic carbocycles. The molecule has 35 heavy (non-hydrogen) atoms. The van der Waals surface area contributed by atoms with Gasteiger partial charge in [-0.15, -0.1) is 0 Å². The molecule has 0 aliphatic heterocycles. The lowest BCUT2D eigenvalue weighted by molar-refractivity contribution is -0.163. The van der Waals surface area contributed by atoms with Crippen LogP contribution < -0.4 is 5.32 Å². The summed E-state index contributed by atoms with van der Waals surface area (Å²) in [5.74, 6) is -3.34. The highest BCUT2D eigenvalue weighted by Gasteiger charge is 2.61. The van der Waals surface area contributed by atoms with E-state index in [1.807, 2.05) is 0 Å². The normalized spacial score (nSPS) is 12.7. The number of carbonyl (C=O) groups excluding carboxylic acids is 3. The highest BCUT2D eigenvalue weighted by atomic mass is 35.5. The Labute approximate surface area is 208 Å². The van der Waals surface area contributed by atoms with E-state index in [1.54, 1.807) is 6.07 Å². The second kappa shape index (κ2) is 13.3. The smallest absolute Gasteiger partial charge is 0.360 e. The Morgan fingerprint density at radius 1 is 0.914 bits per heavy atom. The van der Waals surface area contributed by atoms with Gasteiger partial charge in [0.05, 0.1) is 29.1 Å². The van der Waals surface area contributed by atoms with Gasteiger partial charge in [0, 0.05) is 34.3 Å². The molecule has 0 heterocycles. The van der Waals surface area contributed by atoms with Gasteiger partial charge in [0.2, 0.25) is 0 Å². The van der Waals surface area contributed by atoms with Crippen molar-refractivity contribution in [2.75, 3.05) is 41.7 Å². The zero-order valence-corrected chi connectivity index (χ0v) is 22.6. The summed E-state index contributed by atoms with van der Waals surface area (Å²) in [4.78, 5) is 40.1. The second-order valence-corrected chi connectivity index (χ2v) is 11.1. The number of hydrogen-bond donors (Lipinski definition) is 1. The molecule has 1 N–H and O–H groups in total. The molecule has 1 aromatic carbocycles. The van der Waals surface area contributed by atoms with Crippen molar-refractivity contribution < 1.29 is 51.1 Å². The van der Waals surface area contributed by atoms with Crippen molar-refractivity contribution in [3.8, 4) is 0 Å². The second-order valence-electron chi connectivity index (χ2n) is 6.41. The lowest BCUT2D eigenvalue weighted by Gasteiger charge is -2.34. The van der Waals surface area contributed by atoms with Crippen LogP contribution in [0.2, 0.25) is 5.02 Å². The minimum absolute atomic E-state index is 0.0294. The third kappa shape index (κ3) is 6.80. The number of nitrogens with one attached hydrogen (secondary N) is 1. The summed E-state index contributed by atoms with van der Waals surface area (Å²) in [6.45, 7) is 2.31. The summed E-state index contributed by atoms with van der Waals surface area (Å²) in [6, 6.07) is 5.73. The Bertz CT molecular complexity index is 1030. The number of hydrogen-bond acceptors (Lipinski definition) is 11. The lowest BCUT2D eigenvalue weighted by Crippen LogP contribution is -2.62. The van der Waals surface area contributed by atoms with E-state index in [9.17, 15) is 23.5 Å². The zero-order chi connectivity index (χ0) is 26.9. The van der Waals surface area contributed by atoms with Crippen molar-refractivity contribution >= 4 is 44.6 Å². The van der Waals surface area contributed by atoms with Gasteiger partial charge in [-0.25, -0.2) is 9.59 Å². The SMILES string of the molecule is CCOC(=O)C(NC(=O)c1ccccc1Cl)(C(=O)OCC)/C(=C/P(=O)(OC)OC)P(=O)(OC)OC. The topological polar surface area (TPSA) is 153 Å². The predicted octanol–water partition coefficient (Wildman–Crippen LogP) is 3.75. The fourth-order valence-electron chi connectivity index (χ4n) is 2.79. The van der Waals surface area contributed by atoms with Crippen molar-refractivity contribution in [3.05, 3.63) is 46.0 Å². The van der Waals surface area contributed by atoms with Crippen LogP contribution in [0.3, 0.4) is 0 Å². The standard InChI is InChI=1S/C20H28ClNO11P2/c1-7-32-18(24)20(19(25)33-8-2,22-17(23)14-11-9-10-12-15(14)21)16(35(27,30-5)31-6)13-34(26,28-3)29-4/h9-13H,7-8H2,1-6H3,(H,22,23)/b16-13-. The van der Waals surface area contributed by atoms with Gasteiger partial charge in [0.15, 0.2) is 0 Å². The number of benzene rings is 1. The van der Waals surface area contributed by atoms with Crippen LogP contribution in [0.4, 0.5) is 0 Å². The van der Waals surface area contributed by atoms with Gasteiger partial charge in [-0.3, -0.25) is 13.9 Å². The maximum absolute atomic E-state index is 13.7. The van der Waals surface area contributed by atoms with Crippen molar-refractivity contribution in [1.82, 2.24) is 5.32 Å². The van der Waals surface area contributed by atoms with Gasteiger partial charge in [0.1, 0.15) is 0 Å². The molecule has 12 nitrogen and oxygen atoms in total. The number of ether oxygens (including phenoxy) is 2. The first-order valence-electron chi connectivity index (χ1n) is 10.0. The van der Waals surface area contributed by atoms with Crippen LogP contribution in [-0.4, -0.2) is 65.0 Å². The van der Waals surface area contributed by atoms with E-state index >= 15 is 0 Å². The Morgan fingerprint density at radius 2 is 1.40 bits per heavy atom. The molecule has 0 saturated carbocycles. The third-order valence-electron chi connectivity index (χ3n) is 4.53. The average molecular weight is 556 g/mol. The van der Waals surface area contributed by atoms with E-state index in [0.29, 0.717) is 5.82 Å². The van der Waals surface area contributed by atoms with Crippen LogP contribution in [0.5, 0.6) is 0 Å². The summed E-state index contributed by atoms with van der Waals surface area (Å²) < 4.78 is 56.6. The average Bonchev–Trinajstić information content (AvgIpc) is 2.85. The van der Waals surface area contributed by atoms with Gasteiger partial charge in [0.25, 0.3) is 11.4 Å². The zero-order valence-electron chi connectivity index (χ0n) is 20.1. The Kier molecular flexibility index (Phi) is 11.8. The van der Waals surface area contributed by atoms with Crippen LogP contribution in [-0.2, 0) is 46.3 Å². The van der Waals surface area contributed by atoms with Crippen LogP contribution >= 0.6 is 26.8 Å². The van der Waals surface area contributed by atoms with E-state index in [2.05, 4.69) is 5.32 Å². The molecule has 0 radical (unpaired) electrons. The maximum atomic E-state index is 13.7. The minimum Gasteiger partial charge on any atom is -0.464 e. The van der Waals surface area contributed by atoms with E-state index in [4.69, 9.17) is 39.2 Å². The van der Waals surface area contributed by atoms with E-state index < -0.39 is 43.9 Å². The molecule has 1 amide bonds. The number of amides is 1. The Hall–Kier alpha value is -2.04. The van der Waals surface area contributed by atoms with Crippen LogP contribution in [0, 0.1) is 0 Å². The monoisotopic (exact) mass is 555 g/mol. The number of rotatable bonds is 13. The molecule has 0 fully saturated rings. The molecule has 0 aromatic heterocycles. The molecule has 0 saturated heterocycles. The quantitative estimate of drug-likeness (QED) is 0.215. The molecule has 1 aromatic rings. The van der Waals surface area contributed by atoms with Crippen LogP contribution in [0.25, 0.3) is 0 Å². The molecule has 0 unspecified atom stereocenters. The third-order valence-corrected chi connectivity index (χ3v) is 8.67. The van der Waals surface area contributed by atoms with Gasteiger partial charge < -0.3 is 32.9 Å². The summed E-state index contributed by atoms with van der Waals surface area (Å²) >= 11 is 6.11. The summed E-state index contributed by atoms with van der Waals surface area (Å²) in [7, 11) is -5.07. The van der Waals surface area contributed by atoms with Crippen LogP contribution in [0.1, 0.15) is 24.2 Å². The molecule has 0 atom stereocenters. The molecule has 15 heteroatoms. The molecular weight excluding hydrogens is 528 g/mol. The number of esters is 2. The van der Waals surface area contributed by atoms with Crippen molar-refractivity contribution in [2.24, 2.45) is 0 Å². The number of halogens is 1. The number of carbonyl (C=O) groups is 3. The highest BCUT2D eigenvalue weighted by Crippen LogP contribution is 2.63. The largest absolute Gasteiger partial charge is 0.464 e. The summed E-state index contributed by atoms with van der Waals surface area (Å²) in [5, 5.41) is 1.25. The first kappa shape index (κ1) is 31.0. The van der Waals surface area contributed by atoms with E-state index in [1.165, 1.54) is 32.0 Å². The maximum Gasteiger partial charge on any atom is 0.360 e. The van der Waals surface area contributed by atoms with Crippen molar-refractivity contribution in [2.45, 2.75) is 19.4 Å². The van der Waals surface area contributed by atoms with Crippen LogP contribution in [0.15, 0.2) is 35.4 Å². The van der Waals surface area contributed by atoms with Gasteiger partial charge in [-0.2, -0.15) is 0 Å². The van der Waals surface area contributed by atoms with E-state index in [0.717, 1.165) is 28.4 Å². The van der Waals surface area contributed by atoms with Gasteiger partial charge >= 0.3 is 27.1 Å². The fourth-order valence-corrected chi connectivity index (χ4v) is 6.05. The Morgan fingerprint density at radius 3 is 1.80 bits per heavy atom. The van der Waals surface area contributed by atoms with Gasteiger partial charge in [-0.1, -0.05) is 23.7 Å². The Balaban J connectivity index is 4.16. The molecule has 1 rings (SSSR count). The summed E-state index contributed by atoms with van der Waals surface area (Å²) in [5.41, 5.74) is -3.17. The summed E-state index contributed by atoms with van der Waals surface area (Å²) in [6.07, 6.45) is 0. The van der Waals surface area contributed by atoms with Crippen molar-refractivity contribution in [1.29, 1.82) is 0 Å². The lowest BCUT2D eigenvalue weighted by atomic mass is 9.98.